The summed E-state index contributed by atoms with van der Waals surface area (Å²) in [6, 6.07) is -0.625. The Kier molecular flexibility index (Phi) is 53.1. The Morgan fingerprint density at radius 2 is 0.662 bits per heavy atom. The maximum atomic E-state index is 13.0. The van der Waals surface area contributed by atoms with Crippen molar-refractivity contribution in [2.45, 2.75) is 328 Å². The van der Waals surface area contributed by atoms with E-state index in [1.165, 1.54) is 231 Å². The highest BCUT2D eigenvalue weighted by atomic mass is 16.5. The van der Waals surface area contributed by atoms with Crippen LogP contribution in [-0.2, 0) is 14.3 Å². The van der Waals surface area contributed by atoms with Gasteiger partial charge < -0.3 is 15.2 Å². The highest BCUT2D eigenvalue weighted by molar-refractivity contribution is 5.76. The lowest BCUT2D eigenvalue weighted by Gasteiger charge is -2.22. The van der Waals surface area contributed by atoms with Crippen LogP contribution in [0, 0.1) is 0 Å². The molecular weight excluding hydrogens is 799 g/mol. The standard InChI is InChI=1S/C60H113NO4/c1-4-7-10-13-16-19-22-25-27-28-29-30-31-32-34-36-39-42-45-48-51-54-59(63)61-57(58(62)53-50-47-44-41-38-35-24-21-18-15-12-9-6-3)56-65-60(64)55-52-49-46-43-40-37-33-26-23-20-17-14-11-8-5-2/h25-27,33,50,53,57-58,62H,4-24,28-32,34-49,51-52,54-56H2,1-3H3,(H,61,63)/b27-25-,33-26-,53-50+/t57-,58+/m0/s1. The van der Waals surface area contributed by atoms with Crippen LogP contribution >= 0.6 is 0 Å². The van der Waals surface area contributed by atoms with Gasteiger partial charge in [-0.1, -0.05) is 263 Å². The number of hydrogen-bond donors (Lipinski definition) is 2. The van der Waals surface area contributed by atoms with Gasteiger partial charge in [0, 0.05) is 12.8 Å². The maximum absolute atomic E-state index is 13.0. The minimum atomic E-state index is -0.879. The minimum Gasteiger partial charge on any atom is -0.463 e. The van der Waals surface area contributed by atoms with E-state index < -0.39 is 12.1 Å². The summed E-state index contributed by atoms with van der Waals surface area (Å²) in [5.74, 6) is -0.296. The molecule has 2 N–H and O–H groups in total. The molecule has 5 heteroatoms. The van der Waals surface area contributed by atoms with E-state index in [4.69, 9.17) is 4.74 Å². The third-order valence-corrected chi connectivity index (χ3v) is 13.3. The van der Waals surface area contributed by atoms with Crippen LogP contribution in [0.4, 0.5) is 0 Å². The van der Waals surface area contributed by atoms with Crippen LogP contribution in [0.15, 0.2) is 36.5 Å². The molecular formula is C60H113NO4. The SMILES string of the molecule is CCCCCCCC/C=C\CCCCCCCCCCCCCC(=O)N[C@@H](COC(=O)CCCCCCC/C=C\CCCCCCCC)[C@H](O)/C=C/CCCCCCCCCCCCC. The van der Waals surface area contributed by atoms with Crippen LogP contribution in [0.25, 0.3) is 0 Å². The smallest absolute Gasteiger partial charge is 0.305 e. The van der Waals surface area contributed by atoms with Crippen molar-refractivity contribution in [2.75, 3.05) is 6.61 Å². The minimum absolute atomic E-state index is 0.00988. The van der Waals surface area contributed by atoms with Gasteiger partial charge in [0.2, 0.25) is 5.91 Å². The third-order valence-electron chi connectivity index (χ3n) is 13.3. The third kappa shape index (κ3) is 51.4. The fourth-order valence-electron chi connectivity index (χ4n) is 8.81. The summed E-state index contributed by atoms with van der Waals surface area (Å²) >= 11 is 0. The molecule has 0 radical (unpaired) electrons. The molecule has 0 rings (SSSR count). The molecule has 0 unspecified atom stereocenters. The molecule has 0 aliphatic heterocycles. The zero-order valence-electron chi connectivity index (χ0n) is 44.0. The summed E-state index contributed by atoms with van der Waals surface area (Å²) in [6.07, 6.45) is 69.1. The lowest BCUT2D eigenvalue weighted by atomic mass is 10.0. The van der Waals surface area contributed by atoms with E-state index >= 15 is 0 Å². The normalized spacial score (nSPS) is 12.9. The Hall–Kier alpha value is -1.88. The number of carbonyl (C=O) groups is 2. The molecule has 0 saturated heterocycles. The molecule has 0 aromatic heterocycles. The first kappa shape index (κ1) is 63.1. The number of allylic oxidation sites excluding steroid dienone is 5. The van der Waals surface area contributed by atoms with E-state index in [9.17, 15) is 14.7 Å². The molecule has 0 aromatic rings. The van der Waals surface area contributed by atoms with Gasteiger partial charge >= 0.3 is 5.97 Å². The van der Waals surface area contributed by atoms with Gasteiger partial charge in [0.1, 0.15) is 6.61 Å². The number of hydrogen-bond acceptors (Lipinski definition) is 4. The molecule has 0 saturated carbocycles. The maximum Gasteiger partial charge on any atom is 0.305 e. The van der Waals surface area contributed by atoms with Crippen molar-refractivity contribution in [3.63, 3.8) is 0 Å². The number of rotatable bonds is 53. The predicted octanol–water partition coefficient (Wildman–Crippen LogP) is 19.0. The summed E-state index contributed by atoms with van der Waals surface area (Å²) in [5, 5.41) is 14.1. The summed E-state index contributed by atoms with van der Waals surface area (Å²) < 4.78 is 5.66. The number of carbonyl (C=O) groups excluding carboxylic acids is 2. The first-order chi connectivity index (χ1) is 32.0. The van der Waals surface area contributed by atoms with Crippen molar-refractivity contribution in [3.05, 3.63) is 36.5 Å². The molecule has 1 amide bonds. The van der Waals surface area contributed by atoms with Gasteiger partial charge in [-0.3, -0.25) is 9.59 Å². The quantitative estimate of drug-likeness (QED) is 0.0362. The van der Waals surface area contributed by atoms with Gasteiger partial charge in [-0.15, -0.1) is 0 Å². The van der Waals surface area contributed by atoms with Gasteiger partial charge in [0.15, 0.2) is 0 Å². The van der Waals surface area contributed by atoms with E-state index in [1.54, 1.807) is 6.08 Å². The molecule has 2 atom stereocenters. The second kappa shape index (κ2) is 54.7. The highest BCUT2D eigenvalue weighted by Crippen LogP contribution is 2.16. The van der Waals surface area contributed by atoms with Crippen molar-refractivity contribution in [1.29, 1.82) is 0 Å². The predicted molar refractivity (Wildman–Crippen MR) is 286 cm³/mol. The van der Waals surface area contributed by atoms with Crippen LogP contribution in [0.2, 0.25) is 0 Å². The van der Waals surface area contributed by atoms with Crippen molar-refractivity contribution in [2.24, 2.45) is 0 Å². The number of aliphatic hydroxyl groups is 1. The Morgan fingerprint density at radius 3 is 1.00 bits per heavy atom. The molecule has 0 aliphatic carbocycles. The fraction of sp³-hybridized carbons (Fsp3) is 0.867. The van der Waals surface area contributed by atoms with Gasteiger partial charge in [0.25, 0.3) is 0 Å². The molecule has 0 heterocycles. The zero-order chi connectivity index (χ0) is 47.2. The molecule has 0 bridgehead atoms. The Balaban J connectivity index is 4.34. The van der Waals surface area contributed by atoms with Crippen molar-refractivity contribution < 1.29 is 19.4 Å². The molecule has 0 spiro atoms. The summed E-state index contributed by atoms with van der Waals surface area (Å²) in [7, 11) is 0. The van der Waals surface area contributed by atoms with E-state index in [2.05, 4.69) is 50.4 Å². The fourth-order valence-corrected chi connectivity index (χ4v) is 8.81. The topological polar surface area (TPSA) is 75.6 Å². The lowest BCUT2D eigenvalue weighted by Crippen LogP contribution is -2.46. The lowest BCUT2D eigenvalue weighted by molar-refractivity contribution is -0.146. The van der Waals surface area contributed by atoms with Crippen molar-refractivity contribution in [1.82, 2.24) is 5.32 Å². The van der Waals surface area contributed by atoms with Gasteiger partial charge in [-0.25, -0.2) is 0 Å². The number of esters is 1. The second-order valence-corrected chi connectivity index (χ2v) is 19.9. The number of ether oxygens (including phenoxy) is 1. The van der Waals surface area contributed by atoms with Crippen LogP contribution in [0.1, 0.15) is 316 Å². The first-order valence-corrected chi connectivity index (χ1v) is 29.1. The molecule has 382 valence electrons. The molecule has 0 fully saturated rings. The molecule has 0 aliphatic rings. The average Bonchev–Trinajstić information content (AvgIpc) is 3.30. The highest BCUT2D eigenvalue weighted by Gasteiger charge is 2.21. The number of nitrogens with one attached hydrogen (secondary N) is 1. The van der Waals surface area contributed by atoms with Gasteiger partial charge in [0.05, 0.1) is 12.1 Å². The van der Waals surface area contributed by atoms with E-state index in [1.807, 2.05) is 6.08 Å². The Labute approximate surface area is 406 Å². The first-order valence-electron chi connectivity index (χ1n) is 29.1. The molecule has 65 heavy (non-hydrogen) atoms. The summed E-state index contributed by atoms with van der Waals surface area (Å²) in [6.45, 7) is 6.83. The van der Waals surface area contributed by atoms with Crippen LogP contribution in [0.3, 0.4) is 0 Å². The van der Waals surface area contributed by atoms with Crippen molar-refractivity contribution >= 4 is 11.9 Å². The molecule has 0 aromatic carbocycles. The Morgan fingerprint density at radius 1 is 0.385 bits per heavy atom. The average molecular weight is 913 g/mol. The van der Waals surface area contributed by atoms with Crippen LogP contribution < -0.4 is 5.32 Å². The van der Waals surface area contributed by atoms with Crippen LogP contribution in [0.5, 0.6) is 0 Å². The van der Waals surface area contributed by atoms with Crippen LogP contribution in [-0.4, -0.2) is 35.7 Å². The number of amides is 1. The molecule has 5 nitrogen and oxygen atoms in total. The van der Waals surface area contributed by atoms with E-state index in [0.717, 1.165) is 51.4 Å². The number of aliphatic hydroxyl groups excluding tert-OH is 1. The zero-order valence-corrected chi connectivity index (χ0v) is 44.0. The van der Waals surface area contributed by atoms with Crippen molar-refractivity contribution in [3.8, 4) is 0 Å². The Bertz CT molecular complexity index is 1050. The van der Waals surface area contributed by atoms with E-state index in [0.29, 0.717) is 12.8 Å². The summed E-state index contributed by atoms with van der Waals surface area (Å²) in [5.41, 5.74) is 0. The second-order valence-electron chi connectivity index (χ2n) is 19.9. The monoisotopic (exact) mass is 912 g/mol. The number of unbranched alkanes of at least 4 members (excludes halogenated alkanes) is 39. The summed E-state index contributed by atoms with van der Waals surface area (Å²) in [4.78, 5) is 25.7. The van der Waals surface area contributed by atoms with E-state index in [-0.39, 0.29) is 18.5 Å². The van der Waals surface area contributed by atoms with Gasteiger partial charge in [-0.2, -0.15) is 0 Å². The van der Waals surface area contributed by atoms with Gasteiger partial charge in [-0.05, 0) is 77.0 Å². The largest absolute Gasteiger partial charge is 0.463 e.